The molecule has 0 radical (unpaired) electrons. The lowest BCUT2D eigenvalue weighted by atomic mass is 10.2. The maximum Gasteiger partial charge on any atom is 0.139 e. The second kappa shape index (κ2) is 4.18. The Hall–Kier alpha value is -2.30. The van der Waals surface area contributed by atoms with Gasteiger partial charge in [-0.05, 0) is 18.6 Å². The number of fused-ring (bicyclic) bond motifs is 1. The third-order valence-corrected chi connectivity index (χ3v) is 2.93. The van der Waals surface area contributed by atoms with Crippen LogP contribution in [0.5, 0.6) is 0 Å². The Morgan fingerprint density at radius 1 is 1.33 bits per heavy atom. The number of nitrogens with two attached hydrogens (primary N) is 1. The maximum atomic E-state index is 6.12. The molecule has 0 aliphatic heterocycles. The van der Waals surface area contributed by atoms with E-state index in [0.717, 1.165) is 29.9 Å². The molecule has 3 aromatic heterocycles. The van der Waals surface area contributed by atoms with Crippen molar-refractivity contribution >= 4 is 11.5 Å². The summed E-state index contributed by atoms with van der Waals surface area (Å²) < 4.78 is 3.80. The summed E-state index contributed by atoms with van der Waals surface area (Å²) in [6.07, 6.45) is 6.77. The summed E-state index contributed by atoms with van der Waals surface area (Å²) in [6, 6.07) is 5.83. The predicted octanol–water partition coefficient (Wildman–Crippen LogP) is 2.19. The van der Waals surface area contributed by atoms with Crippen molar-refractivity contribution in [2.24, 2.45) is 0 Å². The van der Waals surface area contributed by atoms with Crippen LogP contribution in [0.3, 0.4) is 0 Å². The fourth-order valence-corrected chi connectivity index (χ4v) is 2.06. The van der Waals surface area contributed by atoms with E-state index in [4.69, 9.17) is 5.73 Å². The van der Waals surface area contributed by atoms with Gasteiger partial charge in [-0.25, -0.2) is 4.98 Å². The molecule has 0 amide bonds. The van der Waals surface area contributed by atoms with Crippen LogP contribution in [0.4, 0.5) is 5.82 Å². The molecular weight excluding hydrogens is 226 g/mol. The molecule has 3 aromatic rings. The van der Waals surface area contributed by atoms with Gasteiger partial charge in [0.25, 0.3) is 0 Å². The molecule has 0 atom stereocenters. The van der Waals surface area contributed by atoms with Crippen LogP contribution in [0.2, 0.25) is 0 Å². The molecule has 3 heterocycles. The quantitative estimate of drug-likeness (QED) is 0.764. The Balaban J connectivity index is 2.10. The lowest BCUT2D eigenvalue weighted by Gasteiger charge is -1.96. The van der Waals surface area contributed by atoms with Gasteiger partial charge in [-0.1, -0.05) is 13.0 Å². The second-order valence-corrected chi connectivity index (χ2v) is 4.27. The minimum atomic E-state index is 0.654. The van der Waals surface area contributed by atoms with Gasteiger partial charge in [0.15, 0.2) is 0 Å². The van der Waals surface area contributed by atoms with E-state index in [9.17, 15) is 0 Å². The molecule has 5 nitrogen and oxygen atoms in total. The minimum absolute atomic E-state index is 0.654. The summed E-state index contributed by atoms with van der Waals surface area (Å²) in [5.41, 5.74) is 8.73. The summed E-state index contributed by atoms with van der Waals surface area (Å²) in [7, 11) is 0. The van der Waals surface area contributed by atoms with E-state index in [2.05, 4.69) is 17.0 Å². The van der Waals surface area contributed by atoms with Crippen LogP contribution in [0.15, 0.2) is 36.8 Å². The Kier molecular flexibility index (Phi) is 2.51. The zero-order valence-corrected chi connectivity index (χ0v) is 10.2. The van der Waals surface area contributed by atoms with E-state index < -0.39 is 0 Å². The fourth-order valence-electron chi connectivity index (χ4n) is 2.06. The van der Waals surface area contributed by atoms with Crippen molar-refractivity contribution in [3.05, 3.63) is 36.8 Å². The van der Waals surface area contributed by atoms with E-state index >= 15 is 0 Å². The summed E-state index contributed by atoms with van der Waals surface area (Å²) >= 11 is 0. The summed E-state index contributed by atoms with van der Waals surface area (Å²) in [6.45, 7) is 3.04. The Morgan fingerprint density at radius 2 is 2.22 bits per heavy atom. The van der Waals surface area contributed by atoms with Crippen molar-refractivity contribution in [2.45, 2.75) is 19.9 Å². The summed E-state index contributed by atoms with van der Waals surface area (Å²) in [4.78, 5) is 4.54. The van der Waals surface area contributed by atoms with Crippen molar-refractivity contribution in [1.29, 1.82) is 0 Å². The van der Waals surface area contributed by atoms with Crippen LogP contribution in [0.25, 0.3) is 16.9 Å². The van der Waals surface area contributed by atoms with Gasteiger partial charge in [0.1, 0.15) is 17.2 Å². The van der Waals surface area contributed by atoms with Crippen LogP contribution < -0.4 is 5.73 Å². The highest BCUT2D eigenvalue weighted by Gasteiger charge is 2.12. The number of imidazole rings is 1. The minimum Gasteiger partial charge on any atom is -0.383 e. The first-order valence-corrected chi connectivity index (χ1v) is 6.05. The molecule has 5 heteroatoms. The number of rotatable bonds is 3. The first-order valence-electron chi connectivity index (χ1n) is 6.05. The van der Waals surface area contributed by atoms with Crippen LogP contribution in [0.1, 0.15) is 13.3 Å². The first-order chi connectivity index (χ1) is 8.79. The molecule has 3 rings (SSSR count). The number of nitrogens with zero attached hydrogens (tertiary/aromatic N) is 4. The van der Waals surface area contributed by atoms with Crippen LogP contribution in [-0.4, -0.2) is 19.2 Å². The van der Waals surface area contributed by atoms with Crippen LogP contribution in [-0.2, 0) is 6.54 Å². The molecule has 0 aliphatic carbocycles. The Bertz CT molecular complexity index is 680. The van der Waals surface area contributed by atoms with Crippen molar-refractivity contribution in [1.82, 2.24) is 19.2 Å². The normalized spacial score (nSPS) is 11.2. The molecule has 0 aromatic carbocycles. The van der Waals surface area contributed by atoms with E-state index in [1.165, 1.54) is 0 Å². The number of anilines is 1. The standard InChI is InChI=1S/C13H15N5/c1-2-6-17-9-10(8-15-17)12-13(14)18-7-4-3-5-11(18)16-12/h3-5,7-9H,2,6,14H2,1H3. The SMILES string of the molecule is CCCn1cc(-c2nc3ccccn3c2N)cn1. The Labute approximate surface area is 105 Å². The van der Waals surface area contributed by atoms with Crippen molar-refractivity contribution in [2.75, 3.05) is 5.73 Å². The Morgan fingerprint density at radius 3 is 3.00 bits per heavy atom. The average molecular weight is 241 g/mol. The molecule has 18 heavy (non-hydrogen) atoms. The topological polar surface area (TPSA) is 61.1 Å². The second-order valence-electron chi connectivity index (χ2n) is 4.27. The number of hydrogen-bond donors (Lipinski definition) is 1. The first kappa shape index (κ1) is 10.8. The summed E-state index contributed by atoms with van der Waals surface area (Å²) in [5, 5.41) is 4.31. The zero-order chi connectivity index (χ0) is 12.5. The van der Waals surface area contributed by atoms with E-state index in [1.807, 2.05) is 45.9 Å². The smallest absolute Gasteiger partial charge is 0.139 e. The van der Waals surface area contributed by atoms with Gasteiger partial charge in [0, 0.05) is 24.5 Å². The van der Waals surface area contributed by atoms with Gasteiger partial charge in [0.05, 0.1) is 6.20 Å². The van der Waals surface area contributed by atoms with Gasteiger partial charge in [-0.15, -0.1) is 0 Å². The average Bonchev–Trinajstić information content (AvgIpc) is 2.96. The predicted molar refractivity (Wildman–Crippen MR) is 71.1 cm³/mol. The van der Waals surface area contributed by atoms with Crippen molar-refractivity contribution < 1.29 is 0 Å². The number of aryl methyl sites for hydroxylation is 1. The molecule has 0 bridgehead atoms. The molecule has 0 spiro atoms. The number of nitrogen functional groups attached to an aromatic ring is 1. The molecule has 2 N–H and O–H groups in total. The number of pyridine rings is 1. The lowest BCUT2D eigenvalue weighted by molar-refractivity contribution is 0.603. The lowest BCUT2D eigenvalue weighted by Crippen LogP contribution is -1.95. The molecule has 0 saturated heterocycles. The molecule has 0 aliphatic rings. The van der Waals surface area contributed by atoms with Gasteiger partial charge in [-0.2, -0.15) is 5.10 Å². The molecule has 0 unspecified atom stereocenters. The highest BCUT2D eigenvalue weighted by atomic mass is 15.3. The molecule has 0 fully saturated rings. The third-order valence-electron chi connectivity index (χ3n) is 2.93. The van der Waals surface area contributed by atoms with E-state index in [1.54, 1.807) is 0 Å². The molecule has 0 saturated carbocycles. The molecule has 92 valence electrons. The zero-order valence-electron chi connectivity index (χ0n) is 10.2. The summed E-state index contributed by atoms with van der Waals surface area (Å²) in [5.74, 6) is 0.654. The van der Waals surface area contributed by atoms with Crippen LogP contribution >= 0.6 is 0 Å². The highest BCUT2D eigenvalue weighted by Crippen LogP contribution is 2.25. The number of hydrogen-bond acceptors (Lipinski definition) is 3. The van der Waals surface area contributed by atoms with Gasteiger partial charge in [-0.3, -0.25) is 9.08 Å². The fraction of sp³-hybridized carbons (Fsp3) is 0.231. The number of aromatic nitrogens is 4. The highest BCUT2D eigenvalue weighted by molar-refractivity contribution is 5.73. The van der Waals surface area contributed by atoms with Crippen molar-refractivity contribution in [3.63, 3.8) is 0 Å². The third kappa shape index (κ3) is 1.64. The van der Waals surface area contributed by atoms with Gasteiger partial charge >= 0.3 is 0 Å². The monoisotopic (exact) mass is 241 g/mol. The van der Waals surface area contributed by atoms with Gasteiger partial charge in [0.2, 0.25) is 0 Å². The maximum absolute atomic E-state index is 6.12. The van der Waals surface area contributed by atoms with Crippen molar-refractivity contribution in [3.8, 4) is 11.3 Å². The van der Waals surface area contributed by atoms with Crippen LogP contribution in [0, 0.1) is 0 Å². The van der Waals surface area contributed by atoms with E-state index in [0.29, 0.717) is 5.82 Å². The molecular formula is C13H15N5. The van der Waals surface area contributed by atoms with E-state index in [-0.39, 0.29) is 0 Å². The van der Waals surface area contributed by atoms with Gasteiger partial charge < -0.3 is 5.73 Å². The largest absolute Gasteiger partial charge is 0.383 e.